The molecule has 0 aliphatic carbocycles. The first-order valence-electron chi connectivity index (χ1n) is 12.1. The number of nitrogens with zero attached hydrogens (tertiary/aromatic N) is 1. The van der Waals surface area contributed by atoms with Crippen molar-refractivity contribution in [2.24, 2.45) is 5.92 Å². The van der Waals surface area contributed by atoms with Gasteiger partial charge in [-0.1, -0.05) is 48.6 Å². The summed E-state index contributed by atoms with van der Waals surface area (Å²) in [5.74, 6) is 1.53. The van der Waals surface area contributed by atoms with Crippen LogP contribution in [0.15, 0.2) is 72.8 Å². The molecule has 1 fully saturated rings. The molecular formula is C30H31NO4. The van der Waals surface area contributed by atoms with E-state index in [9.17, 15) is 15.3 Å². The SMILES string of the molecule is CC1=C(c2cccc(O)c2)C(c2ccc(/C=C\CN3CC[C@@H](CO)C3)cc2)Oc2ccc(O)cc21. The van der Waals surface area contributed by atoms with E-state index in [1.165, 1.54) is 0 Å². The highest BCUT2D eigenvalue weighted by atomic mass is 16.5. The first kappa shape index (κ1) is 23.2. The number of benzene rings is 3. The van der Waals surface area contributed by atoms with Crippen LogP contribution in [-0.4, -0.2) is 46.5 Å². The van der Waals surface area contributed by atoms with Crippen molar-refractivity contribution in [1.29, 1.82) is 0 Å². The van der Waals surface area contributed by atoms with E-state index < -0.39 is 0 Å². The molecule has 0 spiro atoms. The number of likely N-dealkylation sites (tertiary alicyclic amines) is 1. The maximum absolute atomic E-state index is 10.1. The molecule has 5 nitrogen and oxygen atoms in total. The highest BCUT2D eigenvalue weighted by Gasteiger charge is 2.29. The zero-order valence-electron chi connectivity index (χ0n) is 19.9. The molecule has 2 aliphatic rings. The molecule has 3 aromatic carbocycles. The lowest BCUT2D eigenvalue weighted by Gasteiger charge is -2.31. The van der Waals surface area contributed by atoms with Gasteiger partial charge in [-0.05, 0) is 78.4 Å². The second-order valence-electron chi connectivity index (χ2n) is 9.43. The minimum Gasteiger partial charge on any atom is -0.508 e. The normalized spacial score (nSPS) is 20.3. The monoisotopic (exact) mass is 469 g/mol. The number of aromatic hydroxyl groups is 2. The second-order valence-corrected chi connectivity index (χ2v) is 9.43. The highest BCUT2D eigenvalue weighted by Crippen LogP contribution is 2.47. The Balaban J connectivity index is 1.41. The molecular weight excluding hydrogens is 438 g/mol. The summed E-state index contributed by atoms with van der Waals surface area (Å²) in [6, 6.07) is 20.7. The van der Waals surface area contributed by atoms with Crippen LogP contribution in [0.2, 0.25) is 0 Å². The minimum absolute atomic E-state index is 0.192. The lowest BCUT2D eigenvalue weighted by atomic mass is 9.86. The molecule has 35 heavy (non-hydrogen) atoms. The molecule has 2 aliphatic heterocycles. The van der Waals surface area contributed by atoms with Crippen LogP contribution in [0, 0.1) is 5.92 Å². The zero-order valence-corrected chi connectivity index (χ0v) is 19.9. The molecule has 5 heteroatoms. The molecule has 1 saturated heterocycles. The van der Waals surface area contributed by atoms with Crippen molar-refractivity contribution in [3.8, 4) is 17.2 Å². The molecule has 0 aromatic heterocycles. The van der Waals surface area contributed by atoms with Gasteiger partial charge in [-0.15, -0.1) is 0 Å². The molecule has 0 amide bonds. The van der Waals surface area contributed by atoms with Crippen molar-refractivity contribution in [1.82, 2.24) is 4.90 Å². The fourth-order valence-electron chi connectivity index (χ4n) is 5.06. The van der Waals surface area contributed by atoms with E-state index in [4.69, 9.17) is 4.74 Å². The van der Waals surface area contributed by atoms with Crippen LogP contribution >= 0.6 is 0 Å². The van der Waals surface area contributed by atoms with Gasteiger partial charge < -0.3 is 20.1 Å². The van der Waals surface area contributed by atoms with Crippen molar-refractivity contribution in [3.63, 3.8) is 0 Å². The van der Waals surface area contributed by atoms with Crippen LogP contribution in [0.4, 0.5) is 0 Å². The van der Waals surface area contributed by atoms with Crippen molar-refractivity contribution in [2.45, 2.75) is 19.4 Å². The summed E-state index contributed by atoms with van der Waals surface area (Å²) in [5, 5.41) is 29.5. The predicted molar refractivity (Wildman–Crippen MR) is 139 cm³/mol. The van der Waals surface area contributed by atoms with Gasteiger partial charge in [0.1, 0.15) is 23.4 Å². The molecule has 0 saturated carbocycles. The summed E-state index contributed by atoms with van der Waals surface area (Å²) in [5.41, 5.74) is 5.85. The van der Waals surface area contributed by atoms with Crippen molar-refractivity contribution in [3.05, 3.63) is 95.1 Å². The van der Waals surface area contributed by atoms with Crippen molar-refractivity contribution < 1.29 is 20.1 Å². The van der Waals surface area contributed by atoms with Crippen LogP contribution in [0.3, 0.4) is 0 Å². The van der Waals surface area contributed by atoms with Crippen molar-refractivity contribution >= 4 is 17.2 Å². The number of hydrogen-bond donors (Lipinski definition) is 3. The highest BCUT2D eigenvalue weighted by molar-refractivity contribution is 5.95. The number of ether oxygens (including phenoxy) is 1. The zero-order chi connectivity index (χ0) is 24.4. The Hall–Kier alpha value is -3.54. The Morgan fingerprint density at radius 1 is 1.00 bits per heavy atom. The lowest BCUT2D eigenvalue weighted by molar-refractivity contribution is 0.225. The number of rotatable bonds is 6. The molecule has 5 rings (SSSR count). The van der Waals surface area contributed by atoms with E-state index in [0.717, 1.165) is 65.2 Å². The number of phenolic OH excluding ortho intramolecular Hbond substituents is 2. The standard InChI is InChI=1S/C30H31NO4/c1-20-27-17-26(34)11-12-28(27)35-30(29(20)24-5-2-6-25(33)16-24)23-9-7-21(8-10-23)4-3-14-31-15-13-22(18-31)19-32/h2-12,16-17,22,30,32-34H,13-15,18-19H2,1H3/b4-3-/t22-,30?/m1/s1. The van der Waals surface area contributed by atoms with Crippen LogP contribution in [0.25, 0.3) is 17.2 Å². The van der Waals surface area contributed by atoms with Gasteiger partial charge in [0, 0.05) is 30.8 Å². The third-order valence-electron chi connectivity index (χ3n) is 6.98. The summed E-state index contributed by atoms with van der Waals surface area (Å²) in [4.78, 5) is 2.37. The fourth-order valence-corrected chi connectivity index (χ4v) is 5.06. The van der Waals surface area contributed by atoms with E-state index in [1.54, 1.807) is 30.3 Å². The number of phenols is 2. The predicted octanol–water partition coefficient (Wildman–Crippen LogP) is 5.49. The molecule has 180 valence electrons. The maximum atomic E-state index is 10.1. The van der Waals surface area contributed by atoms with Gasteiger partial charge in [-0.3, -0.25) is 4.90 Å². The summed E-state index contributed by atoms with van der Waals surface area (Å²) in [6.07, 6.45) is 5.04. The van der Waals surface area contributed by atoms with E-state index in [0.29, 0.717) is 5.92 Å². The molecule has 2 atom stereocenters. The number of hydrogen-bond acceptors (Lipinski definition) is 5. The number of fused-ring (bicyclic) bond motifs is 1. The Bertz CT molecular complexity index is 1260. The van der Waals surface area contributed by atoms with E-state index in [2.05, 4.69) is 41.3 Å². The number of aliphatic hydroxyl groups is 1. The maximum Gasteiger partial charge on any atom is 0.150 e. The summed E-state index contributed by atoms with van der Waals surface area (Å²) in [6.45, 7) is 5.19. The molecule has 0 radical (unpaired) electrons. The summed E-state index contributed by atoms with van der Waals surface area (Å²) < 4.78 is 6.46. The second kappa shape index (κ2) is 9.98. The van der Waals surface area contributed by atoms with E-state index in [1.807, 2.05) is 19.1 Å². The van der Waals surface area contributed by atoms with Crippen LogP contribution in [0.5, 0.6) is 17.2 Å². The third-order valence-corrected chi connectivity index (χ3v) is 6.98. The van der Waals surface area contributed by atoms with Gasteiger partial charge in [0.15, 0.2) is 0 Å². The van der Waals surface area contributed by atoms with Gasteiger partial charge in [0.2, 0.25) is 0 Å². The van der Waals surface area contributed by atoms with Gasteiger partial charge in [0.05, 0.1) is 0 Å². The average molecular weight is 470 g/mol. The average Bonchev–Trinajstić information content (AvgIpc) is 3.33. The van der Waals surface area contributed by atoms with Crippen molar-refractivity contribution in [2.75, 3.05) is 26.2 Å². The largest absolute Gasteiger partial charge is 0.508 e. The molecule has 0 bridgehead atoms. The molecule has 3 aromatic rings. The number of allylic oxidation sites excluding steroid dienone is 1. The van der Waals surface area contributed by atoms with Gasteiger partial charge in [-0.2, -0.15) is 0 Å². The van der Waals surface area contributed by atoms with Gasteiger partial charge in [0.25, 0.3) is 0 Å². The minimum atomic E-state index is -0.341. The third kappa shape index (κ3) is 4.97. The lowest BCUT2D eigenvalue weighted by Crippen LogP contribution is -2.21. The Morgan fingerprint density at radius 2 is 1.80 bits per heavy atom. The topological polar surface area (TPSA) is 73.2 Å². The fraction of sp³-hybridized carbons (Fsp3) is 0.267. The summed E-state index contributed by atoms with van der Waals surface area (Å²) >= 11 is 0. The van der Waals surface area contributed by atoms with Crippen LogP contribution in [0.1, 0.15) is 41.7 Å². The summed E-state index contributed by atoms with van der Waals surface area (Å²) in [7, 11) is 0. The van der Waals surface area contributed by atoms with E-state index >= 15 is 0 Å². The van der Waals surface area contributed by atoms with Crippen LogP contribution in [-0.2, 0) is 0 Å². The molecule has 1 unspecified atom stereocenters. The van der Waals surface area contributed by atoms with E-state index in [-0.39, 0.29) is 24.2 Å². The number of aliphatic hydroxyl groups excluding tert-OH is 1. The van der Waals surface area contributed by atoms with Crippen LogP contribution < -0.4 is 4.74 Å². The first-order valence-corrected chi connectivity index (χ1v) is 12.1. The quantitative estimate of drug-likeness (QED) is 0.445. The van der Waals surface area contributed by atoms with Gasteiger partial charge >= 0.3 is 0 Å². The Morgan fingerprint density at radius 3 is 2.54 bits per heavy atom. The smallest absolute Gasteiger partial charge is 0.150 e. The molecule has 3 N–H and O–H groups in total. The molecule has 2 heterocycles. The Kier molecular flexibility index (Phi) is 6.62. The first-order chi connectivity index (χ1) is 17.0. The van der Waals surface area contributed by atoms with Gasteiger partial charge in [-0.25, -0.2) is 0 Å². The Labute approximate surface area is 206 Å².